The summed E-state index contributed by atoms with van der Waals surface area (Å²) >= 11 is 0. The number of benzene rings is 1. The lowest BCUT2D eigenvalue weighted by atomic mass is 9.93. The number of carbonyl (C=O) groups excluding carboxylic acids is 1. The summed E-state index contributed by atoms with van der Waals surface area (Å²) in [4.78, 5) is 18.3. The summed E-state index contributed by atoms with van der Waals surface area (Å²) in [5.74, 6) is -1.13. The smallest absolute Gasteiger partial charge is 0.396 e. The van der Waals surface area contributed by atoms with Gasteiger partial charge in [-0.15, -0.1) is 0 Å². The number of aliphatic hydroxyl groups is 1. The molecule has 0 saturated carbocycles. The van der Waals surface area contributed by atoms with Crippen molar-refractivity contribution in [1.82, 2.24) is 9.88 Å². The number of carbonyl (C=O) groups is 1. The zero-order valence-electron chi connectivity index (χ0n) is 13.3. The number of likely N-dealkylation sites (tertiary alicyclic amines) is 1. The number of hydrogen-bond donors (Lipinski definition) is 1. The molecule has 1 fully saturated rings. The fourth-order valence-electron chi connectivity index (χ4n) is 3.24. The maximum absolute atomic E-state index is 13.2. The third-order valence-electron chi connectivity index (χ3n) is 4.49. The Kier molecular flexibility index (Phi) is 4.76. The average molecular weight is 350 g/mol. The number of nitrogens with zero attached hydrogens (tertiary/aromatic N) is 2. The minimum absolute atomic E-state index is 0.161. The van der Waals surface area contributed by atoms with Crippen molar-refractivity contribution in [1.29, 1.82) is 0 Å². The highest BCUT2D eigenvalue weighted by Gasteiger charge is 2.40. The number of halogens is 3. The van der Waals surface area contributed by atoms with Gasteiger partial charge in [0, 0.05) is 43.4 Å². The number of amides is 1. The average Bonchev–Trinajstić information content (AvgIpc) is 3.05. The largest absolute Gasteiger partial charge is 0.417 e. The molecule has 7 heteroatoms. The Morgan fingerprint density at radius 2 is 1.88 bits per heavy atom. The van der Waals surface area contributed by atoms with Gasteiger partial charge < -0.3 is 10.0 Å². The van der Waals surface area contributed by atoms with E-state index >= 15 is 0 Å². The highest BCUT2D eigenvalue weighted by Crippen LogP contribution is 2.35. The maximum Gasteiger partial charge on any atom is 0.417 e. The first kappa shape index (κ1) is 17.4. The van der Waals surface area contributed by atoms with Crippen LogP contribution < -0.4 is 0 Å². The molecule has 25 heavy (non-hydrogen) atoms. The monoisotopic (exact) mass is 350 g/mol. The van der Waals surface area contributed by atoms with Crippen molar-refractivity contribution in [2.45, 2.75) is 12.1 Å². The normalized spacial score (nSPS) is 20.7. The quantitative estimate of drug-likeness (QED) is 0.926. The van der Waals surface area contributed by atoms with Crippen LogP contribution in [0.3, 0.4) is 0 Å². The molecule has 2 atom stereocenters. The Morgan fingerprint density at radius 3 is 2.52 bits per heavy atom. The van der Waals surface area contributed by atoms with Crippen LogP contribution in [0.2, 0.25) is 0 Å². The van der Waals surface area contributed by atoms with Gasteiger partial charge in [-0.3, -0.25) is 9.78 Å². The summed E-state index contributed by atoms with van der Waals surface area (Å²) < 4.78 is 39.5. The van der Waals surface area contributed by atoms with Crippen LogP contribution in [-0.2, 0) is 6.18 Å². The van der Waals surface area contributed by atoms with E-state index in [1.807, 2.05) is 0 Å². The van der Waals surface area contributed by atoms with E-state index in [-0.39, 0.29) is 37.1 Å². The molecule has 0 bridgehead atoms. The van der Waals surface area contributed by atoms with E-state index in [9.17, 15) is 23.1 Å². The zero-order valence-corrected chi connectivity index (χ0v) is 13.3. The number of rotatable bonds is 3. The second kappa shape index (κ2) is 6.84. The number of pyridine rings is 1. The molecular weight excluding hydrogens is 333 g/mol. The second-order valence-electron chi connectivity index (χ2n) is 6.06. The molecule has 1 amide bonds. The molecule has 1 aromatic heterocycles. The first-order chi connectivity index (χ1) is 11.9. The molecule has 4 nitrogen and oxygen atoms in total. The van der Waals surface area contributed by atoms with Crippen LogP contribution in [-0.4, -0.2) is 40.6 Å². The molecule has 0 unspecified atom stereocenters. The zero-order chi connectivity index (χ0) is 18.0. The molecular formula is C18H17F3N2O2. The SMILES string of the molecule is O=C(c1ccccc1C(F)(F)F)N1C[C@@H](CO)[C@H](c2ccccn2)C1. The summed E-state index contributed by atoms with van der Waals surface area (Å²) in [5, 5.41) is 9.61. The topological polar surface area (TPSA) is 53.4 Å². The Labute approximate surface area is 142 Å². The van der Waals surface area contributed by atoms with E-state index in [0.717, 1.165) is 11.8 Å². The molecule has 0 spiro atoms. The molecule has 3 rings (SSSR count). The Bertz CT molecular complexity index is 749. The van der Waals surface area contributed by atoms with Crippen LogP contribution in [0.15, 0.2) is 48.7 Å². The van der Waals surface area contributed by atoms with Gasteiger partial charge >= 0.3 is 6.18 Å². The van der Waals surface area contributed by atoms with Crippen LogP contribution in [0, 0.1) is 5.92 Å². The Morgan fingerprint density at radius 1 is 1.16 bits per heavy atom. The summed E-state index contributed by atoms with van der Waals surface area (Å²) in [7, 11) is 0. The van der Waals surface area contributed by atoms with Crippen LogP contribution in [0.5, 0.6) is 0 Å². The summed E-state index contributed by atoms with van der Waals surface area (Å²) in [6, 6.07) is 10.1. The number of hydrogen-bond acceptors (Lipinski definition) is 3. The van der Waals surface area contributed by atoms with Gasteiger partial charge in [0.15, 0.2) is 0 Å². The number of aliphatic hydroxyl groups excluding tert-OH is 1. The lowest BCUT2D eigenvalue weighted by molar-refractivity contribution is -0.138. The van der Waals surface area contributed by atoms with Crippen molar-refractivity contribution in [2.24, 2.45) is 5.92 Å². The molecule has 2 heterocycles. The van der Waals surface area contributed by atoms with Crippen LogP contribution in [0.25, 0.3) is 0 Å². The molecule has 1 aliphatic rings. The van der Waals surface area contributed by atoms with Crippen LogP contribution in [0.1, 0.15) is 27.5 Å². The van der Waals surface area contributed by atoms with Gasteiger partial charge in [-0.1, -0.05) is 18.2 Å². The van der Waals surface area contributed by atoms with E-state index in [2.05, 4.69) is 4.98 Å². The van der Waals surface area contributed by atoms with E-state index in [0.29, 0.717) is 0 Å². The highest BCUT2D eigenvalue weighted by molar-refractivity contribution is 5.96. The minimum Gasteiger partial charge on any atom is -0.396 e. The molecule has 0 aliphatic carbocycles. The Balaban J connectivity index is 1.87. The van der Waals surface area contributed by atoms with Crippen LogP contribution >= 0.6 is 0 Å². The van der Waals surface area contributed by atoms with Gasteiger partial charge in [-0.05, 0) is 24.3 Å². The third kappa shape index (κ3) is 3.51. The van der Waals surface area contributed by atoms with Crippen molar-refractivity contribution in [2.75, 3.05) is 19.7 Å². The van der Waals surface area contributed by atoms with E-state index in [1.165, 1.54) is 23.1 Å². The molecule has 132 valence electrons. The summed E-state index contributed by atoms with van der Waals surface area (Å²) in [5.41, 5.74) is -0.587. The van der Waals surface area contributed by atoms with E-state index in [1.54, 1.807) is 24.4 Å². The fraction of sp³-hybridized carbons (Fsp3) is 0.333. The van der Waals surface area contributed by atoms with E-state index < -0.39 is 17.6 Å². The van der Waals surface area contributed by atoms with Gasteiger partial charge in [0.1, 0.15) is 0 Å². The van der Waals surface area contributed by atoms with Gasteiger partial charge in [0.05, 0.1) is 11.1 Å². The minimum atomic E-state index is -4.59. The summed E-state index contributed by atoms with van der Waals surface area (Å²) in [6.07, 6.45) is -2.98. The molecule has 1 aliphatic heterocycles. The Hall–Kier alpha value is -2.41. The predicted molar refractivity (Wildman–Crippen MR) is 84.9 cm³/mol. The highest BCUT2D eigenvalue weighted by atomic mass is 19.4. The first-order valence-corrected chi connectivity index (χ1v) is 7.89. The van der Waals surface area contributed by atoms with Gasteiger partial charge in [-0.2, -0.15) is 13.2 Å². The molecule has 2 aromatic rings. The van der Waals surface area contributed by atoms with Crippen LogP contribution in [0.4, 0.5) is 13.2 Å². The molecule has 0 radical (unpaired) electrons. The van der Waals surface area contributed by atoms with Crippen molar-refractivity contribution >= 4 is 5.91 Å². The molecule has 1 N–H and O–H groups in total. The molecule has 1 aromatic carbocycles. The lowest BCUT2D eigenvalue weighted by Crippen LogP contribution is -2.31. The van der Waals surface area contributed by atoms with Gasteiger partial charge in [0.25, 0.3) is 5.91 Å². The fourth-order valence-corrected chi connectivity index (χ4v) is 3.24. The standard InChI is InChI=1S/C18H17F3N2O2/c19-18(20,21)15-6-2-1-5-13(15)17(25)23-9-12(11-24)14(10-23)16-7-3-4-8-22-16/h1-8,12,14,24H,9-11H2/t12-,14+/m0/s1. The van der Waals surface area contributed by atoms with Crippen molar-refractivity contribution in [3.8, 4) is 0 Å². The summed E-state index contributed by atoms with van der Waals surface area (Å²) in [6.45, 7) is 0.266. The van der Waals surface area contributed by atoms with Crippen molar-refractivity contribution in [3.63, 3.8) is 0 Å². The lowest BCUT2D eigenvalue weighted by Gasteiger charge is -2.19. The first-order valence-electron chi connectivity index (χ1n) is 7.89. The van der Waals surface area contributed by atoms with Gasteiger partial charge in [-0.25, -0.2) is 0 Å². The van der Waals surface area contributed by atoms with E-state index in [4.69, 9.17) is 0 Å². The maximum atomic E-state index is 13.2. The number of aromatic nitrogens is 1. The second-order valence-corrected chi connectivity index (χ2v) is 6.06. The van der Waals surface area contributed by atoms with Gasteiger partial charge in [0.2, 0.25) is 0 Å². The number of alkyl halides is 3. The third-order valence-corrected chi connectivity index (χ3v) is 4.49. The van der Waals surface area contributed by atoms with Crippen molar-refractivity contribution in [3.05, 3.63) is 65.5 Å². The van der Waals surface area contributed by atoms with Crippen molar-refractivity contribution < 1.29 is 23.1 Å². The molecule has 1 saturated heterocycles. The predicted octanol–water partition coefficient (Wildman–Crippen LogP) is 2.95.